The molecule has 0 aliphatic carbocycles. The molecule has 1 N–H and O–H groups in total. The Hall–Kier alpha value is -2.72. The monoisotopic (exact) mass is 403 g/mol. The number of anilines is 2. The zero-order valence-electron chi connectivity index (χ0n) is 14.6. The molecule has 0 fully saturated rings. The Bertz CT molecular complexity index is 1070. The van der Waals surface area contributed by atoms with E-state index in [9.17, 15) is 0 Å². The Labute approximate surface area is 161 Å². The fraction of sp³-hybridized carbons (Fsp3) is 0.0909. The lowest BCUT2D eigenvalue weighted by Gasteiger charge is -2.15. The van der Waals surface area contributed by atoms with Gasteiger partial charge in [-0.2, -0.15) is 0 Å². The van der Waals surface area contributed by atoms with E-state index in [-0.39, 0.29) is 0 Å². The highest BCUT2D eigenvalue weighted by Gasteiger charge is 2.12. The molecule has 0 aliphatic heterocycles. The van der Waals surface area contributed by atoms with Crippen LogP contribution in [0.1, 0.15) is 11.1 Å². The van der Waals surface area contributed by atoms with Crippen molar-refractivity contribution in [2.24, 2.45) is 0 Å². The van der Waals surface area contributed by atoms with Crippen molar-refractivity contribution >= 4 is 38.3 Å². The predicted molar refractivity (Wildman–Crippen MR) is 112 cm³/mol. The SMILES string of the molecule is Cc1cccc(C)c1Nc1nc(-c2ccccc2)nc2ccc(Br)cc12. The molecule has 0 saturated heterocycles. The van der Waals surface area contributed by atoms with Crippen LogP contribution in [0.5, 0.6) is 0 Å². The van der Waals surface area contributed by atoms with Crippen molar-refractivity contribution in [2.75, 3.05) is 5.32 Å². The molecule has 3 aromatic carbocycles. The second-order valence-corrected chi connectivity index (χ2v) is 7.23. The van der Waals surface area contributed by atoms with Gasteiger partial charge in [-0.1, -0.05) is 64.5 Å². The summed E-state index contributed by atoms with van der Waals surface area (Å²) in [5, 5.41) is 4.54. The molecule has 0 saturated carbocycles. The highest BCUT2D eigenvalue weighted by molar-refractivity contribution is 9.10. The Morgan fingerprint density at radius 2 is 1.54 bits per heavy atom. The number of hydrogen-bond donors (Lipinski definition) is 1. The van der Waals surface area contributed by atoms with Crippen LogP contribution in [-0.2, 0) is 0 Å². The zero-order valence-corrected chi connectivity index (χ0v) is 16.2. The molecule has 0 radical (unpaired) electrons. The molecular formula is C22H18BrN3. The zero-order chi connectivity index (χ0) is 18.1. The summed E-state index contributed by atoms with van der Waals surface area (Å²) in [7, 11) is 0. The van der Waals surface area contributed by atoms with Crippen molar-refractivity contribution < 1.29 is 0 Å². The smallest absolute Gasteiger partial charge is 0.162 e. The molecule has 4 heteroatoms. The average Bonchev–Trinajstić information content (AvgIpc) is 2.65. The maximum absolute atomic E-state index is 4.85. The van der Waals surface area contributed by atoms with Crippen molar-refractivity contribution in [1.82, 2.24) is 9.97 Å². The van der Waals surface area contributed by atoms with E-state index < -0.39 is 0 Å². The van der Waals surface area contributed by atoms with Gasteiger partial charge < -0.3 is 5.32 Å². The van der Waals surface area contributed by atoms with E-state index in [4.69, 9.17) is 9.97 Å². The van der Waals surface area contributed by atoms with Crippen LogP contribution in [0.3, 0.4) is 0 Å². The first-order valence-corrected chi connectivity index (χ1v) is 9.27. The number of aryl methyl sites for hydroxylation is 2. The Morgan fingerprint density at radius 3 is 2.27 bits per heavy atom. The summed E-state index contributed by atoms with van der Waals surface area (Å²) in [5.74, 6) is 1.53. The number of benzene rings is 3. The highest BCUT2D eigenvalue weighted by Crippen LogP contribution is 2.31. The molecule has 3 nitrogen and oxygen atoms in total. The number of rotatable bonds is 3. The van der Waals surface area contributed by atoms with Crippen LogP contribution in [0.4, 0.5) is 11.5 Å². The number of nitrogens with one attached hydrogen (secondary N) is 1. The number of para-hydroxylation sites is 1. The first kappa shape index (κ1) is 16.7. The molecular weight excluding hydrogens is 386 g/mol. The molecule has 4 aromatic rings. The molecule has 1 heterocycles. The minimum Gasteiger partial charge on any atom is -0.339 e. The molecule has 0 bridgehead atoms. The third-order valence-corrected chi connectivity index (χ3v) is 4.91. The molecule has 26 heavy (non-hydrogen) atoms. The maximum atomic E-state index is 4.85. The van der Waals surface area contributed by atoms with Gasteiger partial charge in [0.05, 0.1) is 5.52 Å². The van der Waals surface area contributed by atoms with Gasteiger partial charge in [0.15, 0.2) is 5.82 Å². The standard InChI is InChI=1S/C22H18BrN3/c1-14-7-6-8-15(2)20(14)25-22-18-13-17(23)11-12-19(18)24-21(26-22)16-9-4-3-5-10-16/h3-13H,1-2H3,(H,24,25,26). The van der Waals surface area contributed by atoms with E-state index in [0.717, 1.165) is 32.4 Å². The highest BCUT2D eigenvalue weighted by atomic mass is 79.9. The lowest BCUT2D eigenvalue weighted by Crippen LogP contribution is -2.02. The predicted octanol–water partition coefficient (Wildman–Crippen LogP) is 6.42. The second kappa shape index (κ2) is 6.89. The van der Waals surface area contributed by atoms with E-state index in [1.807, 2.05) is 42.5 Å². The quantitative estimate of drug-likeness (QED) is 0.428. The molecule has 1 aromatic heterocycles. The van der Waals surface area contributed by atoms with Crippen LogP contribution in [0.15, 0.2) is 71.2 Å². The summed E-state index contributed by atoms with van der Waals surface area (Å²) < 4.78 is 1.01. The first-order chi connectivity index (χ1) is 12.6. The molecule has 0 amide bonds. The number of hydrogen-bond acceptors (Lipinski definition) is 3. The number of aromatic nitrogens is 2. The van der Waals surface area contributed by atoms with Gasteiger partial charge in [-0.15, -0.1) is 0 Å². The molecule has 0 aliphatic rings. The topological polar surface area (TPSA) is 37.8 Å². The molecule has 128 valence electrons. The van der Waals surface area contributed by atoms with E-state index >= 15 is 0 Å². The lowest BCUT2D eigenvalue weighted by molar-refractivity contribution is 1.21. The molecule has 4 rings (SSSR count). The Kier molecular flexibility index (Phi) is 4.43. The third-order valence-electron chi connectivity index (χ3n) is 4.41. The van der Waals surface area contributed by atoms with Gasteiger partial charge in [0, 0.05) is 21.1 Å². The van der Waals surface area contributed by atoms with E-state index in [1.54, 1.807) is 0 Å². The van der Waals surface area contributed by atoms with E-state index in [1.165, 1.54) is 11.1 Å². The van der Waals surface area contributed by atoms with Crippen molar-refractivity contribution in [1.29, 1.82) is 0 Å². The summed E-state index contributed by atoms with van der Waals surface area (Å²) in [6.45, 7) is 4.21. The Morgan fingerprint density at radius 1 is 0.808 bits per heavy atom. The molecule has 0 unspecified atom stereocenters. The van der Waals surface area contributed by atoms with E-state index in [0.29, 0.717) is 5.82 Å². The van der Waals surface area contributed by atoms with Crippen molar-refractivity contribution in [2.45, 2.75) is 13.8 Å². The first-order valence-electron chi connectivity index (χ1n) is 8.48. The van der Waals surface area contributed by atoms with E-state index in [2.05, 4.69) is 59.4 Å². The minimum absolute atomic E-state index is 0.717. The van der Waals surface area contributed by atoms with Crippen LogP contribution in [-0.4, -0.2) is 9.97 Å². The summed E-state index contributed by atoms with van der Waals surface area (Å²) in [5.41, 5.74) is 5.38. The summed E-state index contributed by atoms with van der Waals surface area (Å²) in [6.07, 6.45) is 0. The van der Waals surface area contributed by atoms with Crippen LogP contribution in [0, 0.1) is 13.8 Å². The summed E-state index contributed by atoms with van der Waals surface area (Å²) in [4.78, 5) is 9.61. The average molecular weight is 404 g/mol. The summed E-state index contributed by atoms with van der Waals surface area (Å²) in [6, 6.07) is 22.4. The lowest BCUT2D eigenvalue weighted by atomic mass is 10.1. The third kappa shape index (κ3) is 3.20. The van der Waals surface area contributed by atoms with Crippen LogP contribution < -0.4 is 5.32 Å². The van der Waals surface area contributed by atoms with Gasteiger partial charge in [0.25, 0.3) is 0 Å². The van der Waals surface area contributed by atoms with Gasteiger partial charge in [0.2, 0.25) is 0 Å². The fourth-order valence-corrected chi connectivity index (χ4v) is 3.40. The van der Waals surface area contributed by atoms with Crippen molar-refractivity contribution in [3.8, 4) is 11.4 Å². The van der Waals surface area contributed by atoms with Crippen LogP contribution in [0.25, 0.3) is 22.3 Å². The van der Waals surface area contributed by atoms with Crippen molar-refractivity contribution in [3.05, 3.63) is 82.3 Å². The molecule has 0 atom stereocenters. The second-order valence-electron chi connectivity index (χ2n) is 6.32. The number of halogens is 1. The van der Waals surface area contributed by atoms with Crippen LogP contribution in [0.2, 0.25) is 0 Å². The minimum atomic E-state index is 0.717. The normalized spacial score (nSPS) is 10.9. The number of nitrogens with zero attached hydrogens (tertiary/aromatic N) is 2. The largest absolute Gasteiger partial charge is 0.339 e. The van der Waals surface area contributed by atoms with Crippen molar-refractivity contribution in [3.63, 3.8) is 0 Å². The molecule has 0 spiro atoms. The van der Waals surface area contributed by atoms with Gasteiger partial charge in [0.1, 0.15) is 5.82 Å². The fourth-order valence-electron chi connectivity index (χ4n) is 3.04. The van der Waals surface area contributed by atoms with Gasteiger partial charge in [-0.05, 0) is 43.2 Å². The van der Waals surface area contributed by atoms with Gasteiger partial charge in [-0.25, -0.2) is 9.97 Å². The Balaban J connectivity index is 1.93. The van der Waals surface area contributed by atoms with Gasteiger partial charge in [-0.3, -0.25) is 0 Å². The number of fused-ring (bicyclic) bond motifs is 1. The maximum Gasteiger partial charge on any atom is 0.162 e. The van der Waals surface area contributed by atoms with Crippen LogP contribution >= 0.6 is 15.9 Å². The summed E-state index contributed by atoms with van der Waals surface area (Å²) >= 11 is 3.56. The van der Waals surface area contributed by atoms with Gasteiger partial charge >= 0.3 is 0 Å².